The summed E-state index contributed by atoms with van der Waals surface area (Å²) in [6.07, 6.45) is 1.94. The Morgan fingerprint density at radius 2 is 2.17 bits per heavy atom. The lowest BCUT2D eigenvalue weighted by Gasteiger charge is -2.42. The molecular formula is C15H20O3. The van der Waals surface area contributed by atoms with Gasteiger partial charge < -0.3 is 14.3 Å². The Kier molecular flexibility index (Phi) is 3.33. The summed E-state index contributed by atoms with van der Waals surface area (Å²) < 4.78 is 11.2. The third-order valence-corrected chi connectivity index (χ3v) is 3.81. The van der Waals surface area contributed by atoms with E-state index in [1.165, 1.54) is 0 Å². The summed E-state index contributed by atoms with van der Waals surface area (Å²) in [6.45, 7) is 6.05. The van der Waals surface area contributed by atoms with E-state index in [9.17, 15) is 4.79 Å². The van der Waals surface area contributed by atoms with E-state index in [0.717, 1.165) is 29.8 Å². The fourth-order valence-electron chi connectivity index (χ4n) is 2.80. The summed E-state index contributed by atoms with van der Waals surface area (Å²) >= 11 is 0. The minimum absolute atomic E-state index is 0.123. The number of aldehydes is 1. The normalized spacial score (nSPS) is 24.9. The number of carbonyl (C=O) groups is 1. The van der Waals surface area contributed by atoms with Gasteiger partial charge in [0.2, 0.25) is 0 Å². The van der Waals surface area contributed by atoms with Crippen molar-refractivity contribution in [3.8, 4) is 11.5 Å². The molecule has 0 bridgehead atoms. The molecule has 1 aromatic carbocycles. The summed E-state index contributed by atoms with van der Waals surface area (Å²) in [4.78, 5) is 11.4. The number of carbonyl (C=O) groups excluding carboxylic acids is 1. The molecule has 1 aromatic rings. The largest absolute Gasteiger partial charge is 0.497 e. The Bertz CT molecular complexity index is 451. The monoisotopic (exact) mass is 248 g/mol. The second kappa shape index (κ2) is 4.63. The van der Waals surface area contributed by atoms with Crippen LogP contribution in [0.25, 0.3) is 0 Å². The number of ether oxygens (including phenoxy) is 2. The van der Waals surface area contributed by atoms with Gasteiger partial charge in [-0.2, -0.15) is 0 Å². The maximum Gasteiger partial charge on any atom is 0.127 e. The van der Waals surface area contributed by atoms with Crippen molar-refractivity contribution in [2.24, 2.45) is 5.92 Å². The zero-order valence-corrected chi connectivity index (χ0v) is 11.4. The molecule has 0 N–H and O–H groups in total. The first kappa shape index (κ1) is 12.9. The Balaban J connectivity index is 2.52. The topological polar surface area (TPSA) is 35.5 Å². The fraction of sp³-hybridized carbons (Fsp3) is 0.533. The fourth-order valence-corrected chi connectivity index (χ4v) is 2.80. The van der Waals surface area contributed by atoms with Gasteiger partial charge in [0.25, 0.3) is 0 Å². The van der Waals surface area contributed by atoms with Crippen molar-refractivity contribution in [3.05, 3.63) is 23.8 Å². The predicted molar refractivity (Wildman–Crippen MR) is 70.3 cm³/mol. The van der Waals surface area contributed by atoms with Crippen LogP contribution in [0.4, 0.5) is 0 Å². The van der Waals surface area contributed by atoms with E-state index < -0.39 is 5.60 Å². The summed E-state index contributed by atoms with van der Waals surface area (Å²) in [7, 11) is 1.65. The van der Waals surface area contributed by atoms with Crippen LogP contribution in [0.2, 0.25) is 0 Å². The molecule has 0 aromatic heterocycles. The first-order valence-corrected chi connectivity index (χ1v) is 6.35. The first-order valence-electron chi connectivity index (χ1n) is 6.35. The smallest absolute Gasteiger partial charge is 0.127 e. The van der Waals surface area contributed by atoms with Crippen LogP contribution in [0.3, 0.4) is 0 Å². The zero-order chi connectivity index (χ0) is 13.3. The molecular weight excluding hydrogens is 228 g/mol. The summed E-state index contributed by atoms with van der Waals surface area (Å²) in [6, 6.07) is 5.80. The number of hydrogen-bond donors (Lipinski definition) is 0. The van der Waals surface area contributed by atoms with Crippen molar-refractivity contribution >= 4 is 6.29 Å². The highest BCUT2D eigenvalue weighted by molar-refractivity contribution is 5.61. The molecule has 0 saturated heterocycles. The van der Waals surface area contributed by atoms with Crippen LogP contribution in [0, 0.1) is 5.92 Å². The highest BCUT2D eigenvalue weighted by atomic mass is 16.5. The van der Waals surface area contributed by atoms with Crippen molar-refractivity contribution in [1.29, 1.82) is 0 Å². The van der Waals surface area contributed by atoms with Crippen LogP contribution in [-0.2, 0) is 4.79 Å². The molecule has 0 spiro atoms. The van der Waals surface area contributed by atoms with Crippen LogP contribution in [-0.4, -0.2) is 19.0 Å². The lowest BCUT2D eigenvalue weighted by Crippen LogP contribution is -2.45. The highest BCUT2D eigenvalue weighted by Gasteiger charge is 2.42. The third kappa shape index (κ3) is 1.98. The minimum atomic E-state index is -0.454. The summed E-state index contributed by atoms with van der Waals surface area (Å²) in [5.74, 6) is 1.74. The summed E-state index contributed by atoms with van der Waals surface area (Å²) in [5, 5.41) is 0. The number of hydrogen-bond acceptors (Lipinski definition) is 3. The Morgan fingerprint density at radius 1 is 1.44 bits per heavy atom. The van der Waals surface area contributed by atoms with Crippen molar-refractivity contribution in [1.82, 2.24) is 0 Å². The first-order chi connectivity index (χ1) is 8.53. The predicted octanol–water partition coefficient (Wildman–Crippen LogP) is 3.17. The molecule has 0 aliphatic carbocycles. The Morgan fingerprint density at radius 3 is 2.72 bits per heavy atom. The van der Waals surface area contributed by atoms with Crippen LogP contribution in [0.5, 0.6) is 11.5 Å². The molecule has 2 rings (SSSR count). The van der Waals surface area contributed by atoms with E-state index >= 15 is 0 Å². The molecule has 1 heterocycles. The van der Waals surface area contributed by atoms with Gasteiger partial charge in [-0.3, -0.25) is 0 Å². The van der Waals surface area contributed by atoms with Gasteiger partial charge >= 0.3 is 0 Å². The van der Waals surface area contributed by atoms with E-state index in [0.29, 0.717) is 0 Å². The minimum Gasteiger partial charge on any atom is -0.497 e. The van der Waals surface area contributed by atoms with Gasteiger partial charge in [0, 0.05) is 11.5 Å². The molecule has 0 radical (unpaired) electrons. The van der Waals surface area contributed by atoms with Crippen LogP contribution in [0.15, 0.2) is 18.2 Å². The van der Waals surface area contributed by atoms with E-state index in [2.05, 4.69) is 6.92 Å². The molecule has 0 saturated carbocycles. The van der Waals surface area contributed by atoms with E-state index in [1.54, 1.807) is 7.11 Å². The van der Waals surface area contributed by atoms with Gasteiger partial charge in [0.1, 0.15) is 23.4 Å². The summed E-state index contributed by atoms with van der Waals surface area (Å²) in [5.41, 5.74) is 0.623. The average Bonchev–Trinajstić information content (AvgIpc) is 2.35. The van der Waals surface area contributed by atoms with Crippen molar-refractivity contribution in [2.45, 2.75) is 38.7 Å². The standard InChI is InChI=1S/C15H20O3/c1-5-11-12-8-10(17-4)6-7-14(12)18-15(2,3)13(11)9-16/h6-9,11,13H,5H2,1-4H3/t11-,13?/m0/s1. The quantitative estimate of drug-likeness (QED) is 0.771. The van der Waals surface area contributed by atoms with Crippen LogP contribution >= 0.6 is 0 Å². The number of benzene rings is 1. The molecule has 0 fully saturated rings. The van der Waals surface area contributed by atoms with E-state index in [-0.39, 0.29) is 11.8 Å². The number of methoxy groups -OCH3 is 1. The average molecular weight is 248 g/mol. The van der Waals surface area contributed by atoms with Crippen LogP contribution < -0.4 is 9.47 Å². The van der Waals surface area contributed by atoms with Crippen molar-refractivity contribution < 1.29 is 14.3 Å². The lowest BCUT2D eigenvalue weighted by atomic mass is 9.73. The van der Waals surface area contributed by atoms with Gasteiger partial charge in [-0.1, -0.05) is 6.92 Å². The molecule has 18 heavy (non-hydrogen) atoms. The van der Waals surface area contributed by atoms with Crippen molar-refractivity contribution in [3.63, 3.8) is 0 Å². The zero-order valence-electron chi connectivity index (χ0n) is 11.4. The van der Waals surface area contributed by atoms with Gasteiger partial charge in [0.15, 0.2) is 0 Å². The molecule has 3 heteroatoms. The second-order valence-electron chi connectivity index (χ2n) is 5.29. The third-order valence-electron chi connectivity index (χ3n) is 3.81. The highest BCUT2D eigenvalue weighted by Crippen LogP contribution is 2.46. The number of fused-ring (bicyclic) bond motifs is 1. The maximum atomic E-state index is 11.4. The van der Waals surface area contributed by atoms with Gasteiger partial charge in [-0.25, -0.2) is 0 Å². The van der Waals surface area contributed by atoms with Gasteiger partial charge in [-0.05, 0) is 38.5 Å². The lowest BCUT2D eigenvalue weighted by molar-refractivity contribution is -0.119. The second-order valence-corrected chi connectivity index (χ2v) is 5.29. The van der Waals surface area contributed by atoms with Gasteiger partial charge in [-0.15, -0.1) is 0 Å². The Hall–Kier alpha value is -1.51. The molecule has 1 aliphatic heterocycles. The SMILES string of the molecule is CC[C@H]1c2cc(OC)ccc2OC(C)(C)C1C=O. The van der Waals surface area contributed by atoms with Crippen LogP contribution in [0.1, 0.15) is 38.7 Å². The van der Waals surface area contributed by atoms with Gasteiger partial charge in [0.05, 0.1) is 13.0 Å². The number of rotatable bonds is 3. The van der Waals surface area contributed by atoms with Crippen molar-refractivity contribution in [2.75, 3.05) is 7.11 Å². The molecule has 98 valence electrons. The molecule has 1 unspecified atom stereocenters. The van der Waals surface area contributed by atoms with E-state index in [1.807, 2.05) is 32.0 Å². The molecule has 0 amide bonds. The Labute approximate surface area is 108 Å². The molecule has 1 aliphatic rings. The molecule has 3 nitrogen and oxygen atoms in total. The molecule has 2 atom stereocenters. The maximum absolute atomic E-state index is 11.4. The van der Waals surface area contributed by atoms with E-state index in [4.69, 9.17) is 9.47 Å².